The lowest BCUT2D eigenvalue weighted by Crippen LogP contribution is -2.25. The average Bonchev–Trinajstić information content (AvgIpc) is 2.70. The standard InChI is InChI=1S/C9H14O/c1-2-8-3-6-10-9(7-8)4-5-9/h2,8H,1,3-7H2/t8-/m1/s1. The Morgan fingerprint density at radius 2 is 2.30 bits per heavy atom. The van der Waals surface area contributed by atoms with Gasteiger partial charge in [-0.2, -0.15) is 0 Å². The van der Waals surface area contributed by atoms with Gasteiger partial charge in [0.15, 0.2) is 0 Å². The van der Waals surface area contributed by atoms with E-state index in [9.17, 15) is 0 Å². The Morgan fingerprint density at radius 1 is 1.50 bits per heavy atom. The third kappa shape index (κ3) is 0.988. The quantitative estimate of drug-likeness (QED) is 0.504. The van der Waals surface area contributed by atoms with E-state index in [0.29, 0.717) is 5.60 Å². The third-order valence-corrected chi connectivity index (χ3v) is 2.67. The maximum absolute atomic E-state index is 5.66. The molecule has 1 spiro atoms. The Bertz CT molecular complexity index is 147. The summed E-state index contributed by atoms with van der Waals surface area (Å²) in [4.78, 5) is 0. The SMILES string of the molecule is C=C[C@@H]1CCOC2(CC2)C1. The van der Waals surface area contributed by atoms with Crippen LogP contribution in [0.4, 0.5) is 0 Å². The minimum atomic E-state index is 0.330. The van der Waals surface area contributed by atoms with Gasteiger partial charge in [0.1, 0.15) is 0 Å². The van der Waals surface area contributed by atoms with Crippen LogP contribution in [0, 0.1) is 5.92 Å². The molecule has 56 valence electrons. The molecule has 0 bridgehead atoms. The second-order valence-electron chi connectivity index (χ2n) is 3.52. The summed E-state index contributed by atoms with van der Waals surface area (Å²) in [5, 5.41) is 0. The summed E-state index contributed by atoms with van der Waals surface area (Å²) >= 11 is 0. The maximum atomic E-state index is 5.66. The van der Waals surface area contributed by atoms with Gasteiger partial charge in [0.05, 0.1) is 5.60 Å². The van der Waals surface area contributed by atoms with Crippen molar-refractivity contribution in [1.82, 2.24) is 0 Å². The van der Waals surface area contributed by atoms with E-state index in [1.807, 2.05) is 0 Å². The highest BCUT2D eigenvalue weighted by atomic mass is 16.5. The number of allylic oxidation sites excluding steroid dienone is 1. The maximum Gasteiger partial charge on any atom is 0.0690 e. The van der Waals surface area contributed by atoms with Crippen molar-refractivity contribution in [3.8, 4) is 0 Å². The minimum Gasteiger partial charge on any atom is -0.375 e. The molecule has 1 heteroatoms. The van der Waals surface area contributed by atoms with Crippen LogP contribution in [0.5, 0.6) is 0 Å². The molecule has 0 radical (unpaired) electrons. The molecule has 1 heterocycles. The molecule has 0 aromatic carbocycles. The molecule has 1 saturated heterocycles. The Kier molecular flexibility index (Phi) is 1.34. The van der Waals surface area contributed by atoms with E-state index < -0.39 is 0 Å². The van der Waals surface area contributed by atoms with Crippen molar-refractivity contribution in [2.24, 2.45) is 5.92 Å². The zero-order valence-corrected chi connectivity index (χ0v) is 6.31. The zero-order valence-electron chi connectivity index (χ0n) is 6.31. The molecule has 0 amide bonds. The molecule has 0 aromatic rings. The molecule has 1 aliphatic carbocycles. The van der Waals surface area contributed by atoms with Gasteiger partial charge < -0.3 is 4.74 Å². The number of hydrogen-bond donors (Lipinski definition) is 0. The van der Waals surface area contributed by atoms with Crippen LogP contribution in [0.2, 0.25) is 0 Å². The molecule has 0 aromatic heterocycles. The number of hydrogen-bond acceptors (Lipinski definition) is 1. The van der Waals surface area contributed by atoms with Crippen LogP contribution in [0.15, 0.2) is 12.7 Å². The van der Waals surface area contributed by atoms with Gasteiger partial charge in [0.25, 0.3) is 0 Å². The fourth-order valence-corrected chi connectivity index (χ4v) is 1.75. The van der Waals surface area contributed by atoms with Crippen molar-refractivity contribution in [1.29, 1.82) is 0 Å². The second kappa shape index (κ2) is 2.09. The first kappa shape index (κ1) is 6.41. The predicted octanol–water partition coefficient (Wildman–Crippen LogP) is 2.13. The lowest BCUT2D eigenvalue weighted by Gasteiger charge is -2.27. The van der Waals surface area contributed by atoms with E-state index in [2.05, 4.69) is 12.7 Å². The van der Waals surface area contributed by atoms with Crippen molar-refractivity contribution < 1.29 is 4.74 Å². The van der Waals surface area contributed by atoms with E-state index >= 15 is 0 Å². The molecule has 1 saturated carbocycles. The third-order valence-electron chi connectivity index (χ3n) is 2.67. The summed E-state index contributed by atoms with van der Waals surface area (Å²) in [5.41, 5.74) is 0.330. The highest BCUT2D eigenvalue weighted by Crippen LogP contribution is 2.48. The molecule has 1 aliphatic heterocycles. The largest absolute Gasteiger partial charge is 0.375 e. The molecule has 0 unspecified atom stereocenters. The first-order valence-corrected chi connectivity index (χ1v) is 4.11. The van der Waals surface area contributed by atoms with Gasteiger partial charge in [0.2, 0.25) is 0 Å². The highest BCUT2D eigenvalue weighted by molar-refractivity contribution is 5.02. The van der Waals surface area contributed by atoms with Crippen LogP contribution in [0.1, 0.15) is 25.7 Å². The topological polar surface area (TPSA) is 9.23 Å². The fraction of sp³-hybridized carbons (Fsp3) is 0.778. The van der Waals surface area contributed by atoms with Crippen molar-refractivity contribution >= 4 is 0 Å². The summed E-state index contributed by atoms with van der Waals surface area (Å²) in [6.45, 7) is 4.78. The van der Waals surface area contributed by atoms with E-state index in [1.54, 1.807) is 0 Å². The Hall–Kier alpha value is -0.300. The van der Waals surface area contributed by atoms with Crippen LogP contribution in [0.25, 0.3) is 0 Å². The average molecular weight is 138 g/mol. The smallest absolute Gasteiger partial charge is 0.0690 e. The zero-order chi connectivity index (χ0) is 7.03. The Balaban J connectivity index is 1.97. The van der Waals surface area contributed by atoms with Gasteiger partial charge in [-0.15, -0.1) is 6.58 Å². The predicted molar refractivity (Wildman–Crippen MR) is 40.8 cm³/mol. The molecule has 2 aliphatic rings. The Morgan fingerprint density at radius 3 is 2.90 bits per heavy atom. The summed E-state index contributed by atoms with van der Waals surface area (Å²) in [7, 11) is 0. The van der Waals surface area contributed by atoms with Gasteiger partial charge in [-0.05, 0) is 31.6 Å². The molecular weight excluding hydrogens is 124 g/mol. The lowest BCUT2D eigenvalue weighted by atomic mass is 9.94. The van der Waals surface area contributed by atoms with Crippen molar-refractivity contribution in [2.75, 3.05) is 6.61 Å². The fourth-order valence-electron chi connectivity index (χ4n) is 1.75. The van der Waals surface area contributed by atoms with Gasteiger partial charge in [-0.1, -0.05) is 6.08 Å². The second-order valence-corrected chi connectivity index (χ2v) is 3.52. The first-order valence-electron chi connectivity index (χ1n) is 4.11. The van der Waals surface area contributed by atoms with Crippen LogP contribution in [0.3, 0.4) is 0 Å². The number of ether oxygens (including phenoxy) is 1. The van der Waals surface area contributed by atoms with Crippen molar-refractivity contribution in [2.45, 2.75) is 31.3 Å². The van der Waals surface area contributed by atoms with Gasteiger partial charge >= 0.3 is 0 Å². The molecule has 1 nitrogen and oxygen atoms in total. The molecule has 10 heavy (non-hydrogen) atoms. The van der Waals surface area contributed by atoms with Gasteiger partial charge in [-0.25, -0.2) is 0 Å². The molecule has 1 atom stereocenters. The van der Waals surface area contributed by atoms with Crippen LogP contribution in [-0.4, -0.2) is 12.2 Å². The summed E-state index contributed by atoms with van der Waals surface area (Å²) < 4.78 is 5.66. The molecule has 2 fully saturated rings. The van der Waals surface area contributed by atoms with Gasteiger partial charge in [0, 0.05) is 6.61 Å². The molecule has 2 rings (SSSR count). The Labute approximate surface area is 62.1 Å². The van der Waals surface area contributed by atoms with E-state index in [4.69, 9.17) is 4.74 Å². The van der Waals surface area contributed by atoms with Crippen LogP contribution >= 0.6 is 0 Å². The van der Waals surface area contributed by atoms with Crippen molar-refractivity contribution in [3.63, 3.8) is 0 Å². The highest BCUT2D eigenvalue weighted by Gasteiger charge is 2.46. The van der Waals surface area contributed by atoms with Crippen molar-refractivity contribution in [3.05, 3.63) is 12.7 Å². The monoisotopic (exact) mass is 138 g/mol. The summed E-state index contributed by atoms with van der Waals surface area (Å²) in [6.07, 6.45) is 7.08. The van der Waals surface area contributed by atoms with Crippen LogP contribution < -0.4 is 0 Å². The molecular formula is C9H14O. The normalized spacial score (nSPS) is 35.8. The van der Waals surface area contributed by atoms with E-state index in [-0.39, 0.29) is 0 Å². The first-order chi connectivity index (χ1) is 4.85. The minimum absolute atomic E-state index is 0.330. The summed E-state index contributed by atoms with van der Waals surface area (Å²) in [5.74, 6) is 0.733. The van der Waals surface area contributed by atoms with Crippen LogP contribution in [-0.2, 0) is 4.74 Å². The van der Waals surface area contributed by atoms with E-state index in [0.717, 1.165) is 12.5 Å². The summed E-state index contributed by atoms with van der Waals surface area (Å²) in [6, 6.07) is 0. The number of rotatable bonds is 1. The molecule has 0 N–H and O–H groups in total. The van der Waals surface area contributed by atoms with Gasteiger partial charge in [-0.3, -0.25) is 0 Å². The van der Waals surface area contributed by atoms with E-state index in [1.165, 1.54) is 25.7 Å². The lowest BCUT2D eigenvalue weighted by molar-refractivity contribution is -0.0189.